The number of carbonyl (C=O) groups excluding carboxylic acids is 1. The molecule has 0 bridgehead atoms. The average molecular weight is 308 g/mol. The lowest BCUT2D eigenvalue weighted by atomic mass is 10.1. The van der Waals surface area contributed by atoms with Crippen molar-refractivity contribution >= 4 is 22.7 Å². The highest BCUT2D eigenvalue weighted by Crippen LogP contribution is 2.20. The van der Waals surface area contributed by atoms with Crippen LogP contribution in [0.5, 0.6) is 0 Å². The van der Waals surface area contributed by atoms with Gasteiger partial charge in [-0.15, -0.1) is 0 Å². The molecule has 0 amide bonds. The maximum Gasteiger partial charge on any atom is 0.356 e. The van der Waals surface area contributed by atoms with Gasteiger partial charge in [0.2, 0.25) is 0 Å². The molecule has 6 heteroatoms. The highest BCUT2D eigenvalue weighted by atomic mass is 16.5. The van der Waals surface area contributed by atoms with E-state index in [1.54, 1.807) is 12.3 Å². The number of rotatable bonds is 4. The number of hydrogen-bond acceptors (Lipinski definition) is 6. The third-order valence-corrected chi connectivity index (χ3v) is 3.58. The number of nitrogens with zero attached hydrogens (tertiary/aromatic N) is 4. The van der Waals surface area contributed by atoms with Gasteiger partial charge < -0.3 is 9.64 Å². The maximum atomic E-state index is 11.6. The molecule has 116 valence electrons. The summed E-state index contributed by atoms with van der Waals surface area (Å²) < 4.78 is 4.69. The first-order chi connectivity index (χ1) is 11.2. The monoisotopic (exact) mass is 308 g/mol. The summed E-state index contributed by atoms with van der Waals surface area (Å²) in [5, 5.41) is 1.10. The number of hydrogen-bond donors (Lipinski definition) is 0. The first-order valence-corrected chi connectivity index (χ1v) is 7.13. The second-order valence-electron chi connectivity index (χ2n) is 5.10. The smallest absolute Gasteiger partial charge is 0.356 e. The summed E-state index contributed by atoms with van der Waals surface area (Å²) >= 11 is 0. The van der Waals surface area contributed by atoms with Crippen LogP contribution in [-0.2, 0) is 11.3 Å². The molecule has 0 saturated heterocycles. The Morgan fingerprint density at radius 2 is 2.04 bits per heavy atom. The fourth-order valence-electron chi connectivity index (χ4n) is 2.41. The van der Waals surface area contributed by atoms with E-state index in [9.17, 15) is 4.79 Å². The molecule has 0 saturated carbocycles. The van der Waals surface area contributed by atoms with Crippen LogP contribution < -0.4 is 4.90 Å². The number of ether oxygens (including phenoxy) is 1. The van der Waals surface area contributed by atoms with Gasteiger partial charge in [-0.25, -0.2) is 14.8 Å². The van der Waals surface area contributed by atoms with Crippen LogP contribution in [-0.4, -0.2) is 35.1 Å². The SMILES string of the molecule is COC(=O)c1cc(N(C)Cc2cccc3ncccc23)ncn1. The van der Waals surface area contributed by atoms with E-state index in [0.717, 1.165) is 16.5 Å². The molecule has 2 aromatic heterocycles. The molecule has 0 N–H and O–H groups in total. The predicted molar refractivity (Wildman–Crippen MR) is 87.2 cm³/mol. The fraction of sp³-hybridized carbons (Fsp3) is 0.176. The van der Waals surface area contributed by atoms with Gasteiger partial charge in [0.15, 0.2) is 5.69 Å². The fourth-order valence-corrected chi connectivity index (χ4v) is 2.41. The lowest BCUT2D eigenvalue weighted by molar-refractivity contribution is 0.0594. The molecule has 3 rings (SSSR count). The lowest BCUT2D eigenvalue weighted by Crippen LogP contribution is -2.19. The largest absolute Gasteiger partial charge is 0.464 e. The van der Waals surface area contributed by atoms with Gasteiger partial charge in [0.1, 0.15) is 12.1 Å². The molecule has 0 atom stereocenters. The third kappa shape index (κ3) is 3.11. The van der Waals surface area contributed by atoms with Gasteiger partial charge in [-0.3, -0.25) is 4.98 Å². The van der Waals surface area contributed by atoms with E-state index in [1.165, 1.54) is 13.4 Å². The zero-order valence-corrected chi connectivity index (χ0v) is 12.9. The van der Waals surface area contributed by atoms with Gasteiger partial charge in [-0.1, -0.05) is 18.2 Å². The predicted octanol–water partition coefficient (Wildman–Crippen LogP) is 2.45. The average Bonchev–Trinajstić information content (AvgIpc) is 2.61. The van der Waals surface area contributed by atoms with Crippen molar-refractivity contribution in [1.82, 2.24) is 15.0 Å². The van der Waals surface area contributed by atoms with E-state index in [0.29, 0.717) is 12.4 Å². The summed E-state index contributed by atoms with van der Waals surface area (Å²) in [7, 11) is 3.25. The van der Waals surface area contributed by atoms with E-state index in [2.05, 4.69) is 21.0 Å². The number of anilines is 1. The van der Waals surface area contributed by atoms with E-state index < -0.39 is 5.97 Å². The van der Waals surface area contributed by atoms with Crippen LogP contribution in [0, 0.1) is 0 Å². The molecule has 0 unspecified atom stereocenters. The van der Waals surface area contributed by atoms with Crippen molar-refractivity contribution in [2.45, 2.75) is 6.54 Å². The standard InChI is InChI=1S/C17H16N4O2/c1-21(16-9-15(17(22)23-2)19-11-20-16)10-12-5-3-7-14-13(12)6-4-8-18-14/h3-9,11H,10H2,1-2H3. The zero-order valence-electron chi connectivity index (χ0n) is 12.9. The van der Waals surface area contributed by atoms with Crippen LogP contribution in [0.25, 0.3) is 10.9 Å². The normalized spacial score (nSPS) is 10.5. The van der Waals surface area contributed by atoms with Crippen LogP contribution in [0.15, 0.2) is 48.9 Å². The minimum atomic E-state index is -0.476. The molecule has 0 spiro atoms. The van der Waals surface area contributed by atoms with E-state index in [4.69, 9.17) is 4.74 Å². The minimum absolute atomic E-state index is 0.240. The third-order valence-electron chi connectivity index (χ3n) is 3.58. The highest BCUT2D eigenvalue weighted by Gasteiger charge is 2.12. The van der Waals surface area contributed by atoms with E-state index in [1.807, 2.05) is 36.2 Å². The van der Waals surface area contributed by atoms with Crippen molar-refractivity contribution in [2.24, 2.45) is 0 Å². The summed E-state index contributed by atoms with van der Waals surface area (Å²) in [5.41, 5.74) is 2.33. The van der Waals surface area contributed by atoms with Crippen molar-refractivity contribution in [2.75, 3.05) is 19.1 Å². The topological polar surface area (TPSA) is 68.2 Å². The molecular weight excluding hydrogens is 292 g/mol. The van der Waals surface area contributed by atoms with Gasteiger partial charge >= 0.3 is 5.97 Å². The Morgan fingerprint density at radius 3 is 2.87 bits per heavy atom. The van der Waals surface area contributed by atoms with Gasteiger partial charge in [0.25, 0.3) is 0 Å². The van der Waals surface area contributed by atoms with Crippen molar-refractivity contribution < 1.29 is 9.53 Å². The highest BCUT2D eigenvalue weighted by molar-refractivity contribution is 5.88. The van der Waals surface area contributed by atoms with Crippen LogP contribution >= 0.6 is 0 Å². The first-order valence-electron chi connectivity index (χ1n) is 7.13. The minimum Gasteiger partial charge on any atom is -0.464 e. The Bertz CT molecular complexity index is 845. The second-order valence-corrected chi connectivity index (χ2v) is 5.10. The Hall–Kier alpha value is -3.02. The second kappa shape index (κ2) is 6.39. The van der Waals surface area contributed by atoms with Crippen LogP contribution in [0.2, 0.25) is 0 Å². The molecule has 0 aliphatic carbocycles. The number of aromatic nitrogens is 3. The van der Waals surface area contributed by atoms with E-state index >= 15 is 0 Å². The zero-order chi connectivity index (χ0) is 16.2. The van der Waals surface area contributed by atoms with Crippen molar-refractivity contribution in [3.8, 4) is 0 Å². The molecule has 2 heterocycles. The number of carbonyl (C=O) groups is 1. The Labute approximate surface area is 133 Å². The van der Waals surface area contributed by atoms with Gasteiger partial charge in [0.05, 0.1) is 12.6 Å². The quantitative estimate of drug-likeness (QED) is 0.690. The number of methoxy groups -OCH3 is 1. The summed E-state index contributed by atoms with van der Waals surface area (Å²) in [4.78, 5) is 26.1. The van der Waals surface area contributed by atoms with Crippen molar-refractivity contribution in [1.29, 1.82) is 0 Å². The lowest BCUT2D eigenvalue weighted by Gasteiger charge is -2.19. The summed E-state index contributed by atoms with van der Waals surface area (Å²) in [6, 6.07) is 11.6. The van der Waals surface area contributed by atoms with Crippen LogP contribution in [0.1, 0.15) is 16.1 Å². The van der Waals surface area contributed by atoms with Crippen LogP contribution in [0.4, 0.5) is 5.82 Å². The molecule has 23 heavy (non-hydrogen) atoms. The Balaban J connectivity index is 1.89. The Morgan fingerprint density at radius 1 is 1.17 bits per heavy atom. The number of benzene rings is 1. The molecule has 0 aliphatic rings. The van der Waals surface area contributed by atoms with Gasteiger partial charge in [0, 0.05) is 31.2 Å². The summed E-state index contributed by atoms with van der Waals surface area (Å²) in [6.07, 6.45) is 3.14. The van der Waals surface area contributed by atoms with E-state index in [-0.39, 0.29) is 5.69 Å². The molecule has 0 radical (unpaired) electrons. The Kier molecular flexibility index (Phi) is 4.14. The van der Waals surface area contributed by atoms with Crippen molar-refractivity contribution in [3.63, 3.8) is 0 Å². The summed E-state index contributed by atoms with van der Waals surface area (Å²) in [6.45, 7) is 0.640. The van der Waals surface area contributed by atoms with Gasteiger partial charge in [-0.05, 0) is 17.7 Å². The maximum absolute atomic E-state index is 11.6. The molecule has 3 aromatic rings. The summed E-state index contributed by atoms with van der Waals surface area (Å²) in [5.74, 6) is 0.178. The van der Waals surface area contributed by atoms with Gasteiger partial charge in [-0.2, -0.15) is 0 Å². The molecule has 0 aliphatic heterocycles. The number of pyridine rings is 1. The molecular formula is C17H16N4O2. The number of fused-ring (bicyclic) bond motifs is 1. The van der Waals surface area contributed by atoms with Crippen LogP contribution in [0.3, 0.4) is 0 Å². The van der Waals surface area contributed by atoms with Crippen molar-refractivity contribution in [3.05, 3.63) is 60.2 Å². The molecule has 6 nitrogen and oxygen atoms in total. The molecule has 1 aromatic carbocycles. The first kappa shape index (κ1) is 14.9. The number of esters is 1. The molecule has 0 fully saturated rings.